The summed E-state index contributed by atoms with van der Waals surface area (Å²) in [4.78, 5) is 14.9. The fourth-order valence-electron chi connectivity index (χ4n) is 5.39. The normalized spacial score (nSPS) is 24.2. The van der Waals surface area contributed by atoms with Crippen LogP contribution in [0.2, 0.25) is 0 Å². The van der Waals surface area contributed by atoms with E-state index in [2.05, 4.69) is 29.3 Å². The minimum absolute atomic E-state index is 0.0306. The van der Waals surface area contributed by atoms with Crippen LogP contribution < -0.4 is 5.32 Å². The molecule has 2 aliphatic heterocycles. The molecule has 1 amide bonds. The van der Waals surface area contributed by atoms with Crippen LogP contribution in [0.4, 0.5) is 0 Å². The summed E-state index contributed by atoms with van der Waals surface area (Å²) in [6, 6.07) is 25.4. The first-order chi connectivity index (χ1) is 18.6. The van der Waals surface area contributed by atoms with Gasteiger partial charge in [-0.1, -0.05) is 80.1 Å². The number of aliphatic hydroxyl groups excluding tert-OH is 1. The Labute approximate surface area is 225 Å². The highest BCUT2D eigenvalue weighted by Crippen LogP contribution is 2.42. The van der Waals surface area contributed by atoms with Crippen LogP contribution in [0.15, 0.2) is 78.9 Å². The zero-order chi connectivity index (χ0) is 26.3. The van der Waals surface area contributed by atoms with Crippen LogP contribution in [-0.2, 0) is 22.6 Å². The molecule has 0 aliphatic carbocycles. The summed E-state index contributed by atoms with van der Waals surface area (Å²) in [5.74, 6) is 0.0962. The Kier molecular flexibility index (Phi) is 8.86. The zero-order valence-corrected chi connectivity index (χ0v) is 22.1. The van der Waals surface area contributed by atoms with Crippen LogP contribution in [0.3, 0.4) is 0 Å². The Hall–Kier alpha value is -3.03. The Morgan fingerprint density at radius 2 is 1.53 bits per heavy atom. The molecule has 4 atom stereocenters. The molecule has 2 aliphatic rings. The van der Waals surface area contributed by atoms with Gasteiger partial charge in [-0.15, -0.1) is 0 Å². The van der Waals surface area contributed by atoms with Crippen LogP contribution >= 0.6 is 0 Å². The first-order valence-electron chi connectivity index (χ1n) is 13.8. The van der Waals surface area contributed by atoms with Crippen LogP contribution in [0.1, 0.15) is 71.2 Å². The Morgan fingerprint density at radius 1 is 0.868 bits per heavy atom. The van der Waals surface area contributed by atoms with E-state index in [0.717, 1.165) is 41.9 Å². The van der Waals surface area contributed by atoms with Crippen molar-refractivity contribution in [2.45, 2.75) is 57.8 Å². The molecule has 2 fully saturated rings. The molecule has 0 spiro atoms. The topological polar surface area (TPSA) is 71.0 Å². The number of hydrogen-bond donors (Lipinski definition) is 2. The minimum Gasteiger partial charge on any atom is -0.392 e. The molecule has 0 radical (unpaired) electrons. The number of piperidine rings is 1. The number of benzene rings is 3. The monoisotopic (exact) mass is 514 g/mol. The molecule has 5 rings (SSSR count). The lowest BCUT2D eigenvalue weighted by Gasteiger charge is -2.43. The first-order valence-corrected chi connectivity index (χ1v) is 13.8. The van der Waals surface area contributed by atoms with E-state index in [9.17, 15) is 9.90 Å². The van der Waals surface area contributed by atoms with Gasteiger partial charge in [0.1, 0.15) is 0 Å². The molecule has 2 N–H and O–H groups in total. The maximum atomic E-state index is 12.4. The van der Waals surface area contributed by atoms with Gasteiger partial charge in [0.05, 0.1) is 18.8 Å². The number of aliphatic hydroxyl groups is 1. The van der Waals surface area contributed by atoms with Crippen molar-refractivity contribution in [2.24, 2.45) is 5.92 Å². The largest absolute Gasteiger partial charge is 0.392 e. The molecule has 200 valence electrons. The van der Waals surface area contributed by atoms with E-state index in [1.807, 2.05) is 66.7 Å². The fourth-order valence-corrected chi connectivity index (χ4v) is 5.39. The van der Waals surface area contributed by atoms with Gasteiger partial charge in [0.15, 0.2) is 6.29 Å². The minimum atomic E-state index is -0.475. The van der Waals surface area contributed by atoms with E-state index in [1.54, 1.807) is 0 Å². The highest BCUT2D eigenvalue weighted by Gasteiger charge is 2.39. The maximum Gasteiger partial charge on any atom is 0.251 e. The number of rotatable bonds is 8. The number of hydrogen-bond acceptors (Lipinski definition) is 5. The molecule has 38 heavy (non-hydrogen) atoms. The molecular formula is C32H38N2O4. The van der Waals surface area contributed by atoms with E-state index < -0.39 is 6.29 Å². The Bertz CT molecular complexity index is 1160. The van der Waals surface area contributed by atoms with E-state index in [-0.39, 0.29) is 30.6 Å². The quantitative estimate of drug-likeness (QED) is 0.422. The molecule has 3 aromatic rings. The van der Waals surface area contributed by atoms with Gasteiger partial charge in [-0.25, -0.2) is 0 Å². The highest BCUT2D eigenvalue weighted by molar-refractivity contribution is 5.94. The number of carbonyl (C=O) groups excluding carboxylic acids is 1. The lowest BCUT2D eigenvalue weighted by molar-refractivity contribution is -0.276. The van der Waals surface area contributed by atoms with Gasteiger partial charge >= 0.3 is 0 Å². The van der Waals surface area contributed by atoms with Gasteiger partial charge in [-0.2, -0.15) is 0 Å². The summed E-state index contributed by atoms with van der Waals surface area (Å²) in [7, 11) is 0. The molecule has 0 saturated carbocycles. The van der Waals surface area contributed by atoms with Gasteiger partial charge in [0.25, 0.3) is 5.91 Å². The lowest BCUT2D eigenvalue weighted by Crippen LogP contribution is -2.45. The summed E-state index contributed by atoms with van der Waals surface area (Å²) in [6.45, 7) is 5.84. The SMILES string of the molecule is C[C@@H]1[C@H](CN2CCCCC2)O[C@H](c2ccc(CNC(=O)c3ccccc3)cc2)O[C@@H]1c1ccc(CO)cc1. The summed E-state index contributed by atoms with van der Waals surface area (Å²) in [6.07, 6.45) is 3.25. The van der Waals surface area contributed by atoms with Gasteiger partial charge in [0.2, 0.25) is 0 Å². The molecule has 3 aromatic carbocycles. The molecule has 6 heteroatoms. The van der Waals surface area contributed by atoms with Gasteiger partial charge in [0, 0.05) is 30.1 Å². The number of ether oxygens (including phenoxy) is 2. The number of carbonyl (C=O) groups is 1. The van der Waals surface area contributed by atoms with E-state index >= 15 is 0 Å². The number of likely N-dealkylation sites (tertiary alicyclic amines) is 1. The Morgan fingerprint density at radius 3 is 2.21 bits per heavy atom. The van der Waals surface area contributed by atoms with Crippen molar-refractivity contribution >= 4 is 5.91 Å². The van der Waals surface area contributed by atoms with Gasteiger partial charge < -0.3 is 24.8 Å². The average Bonchev–Trinajstić information content (AvgIpc) is 2.98. The van der Waals surface area contributed by atoms with Crippen molar-refractivity contribution in [1.29, 1.82) is 0 Å². The molecule has 0 aromatic heterocycles. The van der Waals surface area contributed by atoms with E-state index in [1.165, 1.54) is 19.3 Å². The molecule has 0 unspecified atom stereocenters. The third-order valence-electron chi connectivity index (χ3n) is 7.75. The third kappa shape index (κ3) is 6.51. The second kappa shape index (κ2) is 12.7. The molecule has 2 heterocycles. The van der Waals surface area contributed by atoms with Crippen LogP contribution in [0, 0.1) is 5.92 Å². The van der Waals surface area contributed by atoms with Crippen molar-refractivity contribution < 1.29 is 19.4 Å². The number of nitrogens with one attached hydrogen (secondary N) is 1. The van der Waals surface area contributed by atoms with Crippen LogP contribution in [-0.4, -0.2) is 41.7 Å². The number of amides is 1. The highest BCUT2D eigenvalue weighted by atomic mass is 16.7. The third-order valence-corrected chi connectivity index (χ3v) is 7.75. The van der Waals surface area contributed by atoms with Crippen molar-refractivity contribution in [1.82, 2.24) is 10.2 Å². The van der Waals surface area contributed by atoms with Crippen LogP contribution in [0.25, 0.3) is 0 Å². The van der Waals surface area contributed by atoms with E-state index in [4.69, 9.17) is 9.47 Å². The fraction of sp³-hybridized carbons (Fsp3) is 0.406. The predicted octanol–water partition coefficient (Wildman–Crippen LogP) is 5.39. The van der Waals surface area contributed by atoms with Crippen molar-refractivity contribution in [3.05, 3.63) is 107 Å². The predicted molar refractivity (Wildman–Crippen MR) is 147 cm³/mol. The summed E-state index contributed by atoms with van der Waals surface area (Å²) >= 11 is 0. The van der Waals surface area contributed by atoms with Crippen molar-refractivity contribution in [3.8, 4) is 0 Å². The van der Waals surface area contributed by atoms with E-state index in [0.29, 0.717) is 12.1 Å². The van der Waals surface area contributed by atoms with Gasteiger partial charge in [-0.05, 0) is 54.8 Å². The second-order valence-corrected chi connectivity index (χ2v) is 10.5. The van der Waals surface area contributed by atoms with Crippen molar-refractivity contribution in [3.63, 3.8) is 0 Å². The summed E-state index contributed by atoms with van der Waals surface area (Å²) in [5, 5.41) is 12.5. The second-order valence-electron chi connectivity index (χ2n) is 10.5. The van der Waals surface area contributed by atoms with Gasteiger partial charge in [-0.3, -0.25) is 4.79 Å². The maximum absolute atomic E-state index is 12.4. The smallest absolute Gasteiger partial charge is 0.251 e. The molecule has 0 bridgehead atoms. The molecule has 6 nitrogen and oxygen atoms in total. The Balaban J connectivity index is 1.30. The zero-order valence-electron chi connectivity index (χ0n) is 22.1. The van der Waals surface area contributed by atoms with Crippen molar-refractivity contribution in [2.75, 3.05) is 19.6 Å². The standard InChI is InChI=1S/C32H38N2O4/c1-23-29(21-34-18-6-3-7-19-34)37-32(38-30(23)26-14-12-25(22-35)13-15-26)28-16-10-24(11-17-28)20-33-31(36)27-8-4-2-5-9-27/h2,4-5,8-17,23,29-30,32,35H,3,6-7,18-22H2,1H3,(H,33,36)/t23-,29+,30+,32+/m1/s1. The average molecular weight is 515 g/mol. The lowest BCUT2D eigenvalue weighted by atomic mass is 9.89. The molecular weight excluding hydrogens is 476 g/mol. The molecule has 2 saturated heterocycles. The number of nitrogens with zero attached hydrogens (tertiary/aromatic N) is 1. The first kappa shape index (κ1) is 26.6. The van der Waals surface area contributed by atoms with Crippen LogP contribution in [0.5, 0.6) is 0 Å². The summed E-state index contributed by atoms with van der Waals surface area (Å²) < 4.78 is 13.2. The summed E-state index contributed by atoms with van der Waals surface area (Å²) in [5.41, 5.74) is 4.63.